The third kappa shape index (κ3) is 3.36. The number of ether oxygens (including phenoxy) is 1. The molecular weight excluding hydrogens is 336 g/mol. The van der Waals surface area contributed by atoms with Crippen LogP contribution in [0, 0.1) is 0 Å². The van der Waals surface area contributed by atoms with Gasteiger partial charge in [0.2, 0.25) is 11.0 Å². The Morgan fingerprint density at radius 1 is 1.20 bits per heavy atom. The zero-order valence-corrected chi connectivity index (χ0v) is 14.4. The van der Waals surface area contributed by atoms with Gasteiger partial charge in [-0.2, -0.15) is 4.98 Å². The summed E-state index contributed by atoms with van der Waals surface area (Å²) in [6.07, 6.45) is 4.99. The monoisotopic (exact) mass is 352 g/mol. The Balaban J connectivity index is 1.73. The Hall–Kier alpha value is -2.80. The largest absolute Gasteiger partial charge is 0.465 e. The van der Waals surface area contributed by atoms with Crippen LogP contribution in [0.1, 0.15) is 12.7 Å². The van der Waals surface area contributed by atoms with Gasteiger partial charge in [0.1, 0.15) is 5.76 Å². The van der Waals surface area contributed by atoms with Gasteiger partial charge in [-0.15, -0.1) is 10.2 Å². The van der Waals surface area contributed by atoms with Gasteiger partial charge in [-0.1, -0.05) is 36.9 Å². The number of anilines is 1. The minimum absolute atomic E-state index is 0.399. The van der Waals surface area contributed by atoms with E-state index in [0.29, 0.717) is 16.7 Å². The van der Waals surface area contributed by atoms with Crippen LogP contribution in [-0.4, -0.2) is 27.2 Å². The molecule has 4 rings (SSSR count). The summed E-state index contributed by atoms with van der Waals surface area (Å²) in [4.78, 5) is 4.53. The normalized spacial score (nSPS) is 15.8. The molecule has 1 aliphatic heterocycles. The predicted octanol–water partition coefficient (Wildman–Crippen LogP) is 4.09. The smallest absolute Gasteiger partial charge is 0.247 e. The molecule has 25 heavy (non-hydrogen) atoms. The fourth-order valence-electron chi connectivity index (χ4n) is 2.51. The summed E-state index contributed by atoms with van der Waals surface area (Å²) in [5.41, 5.74) is 2.47. The molecule has 0 bridgehead atoms. The van der Waals surface area contributed by atoms with Crippen molar-refractivity contribution < 1.29 is 9.15 Å². The Morgan fingerprint density at radius 3 is 2.96 bits per heavy atom. The quantitative estimate of drug-likeness (QED) is 0.709. The number of fused-ring (bicyclic) bond motifs is 3. The third-order valence-electron chi connectivity index (χ3n) is 3.61. The zero-order chi connectivity index (χ0) is 17.1. The molecule has 0 saturated carbocycles. The van der Waals surface area contributed by atoms with E-state index < -0.39 is 6.23 Å². The van der Waals surface area contributed by atoms with Gasteiger partial charge in [0.15, 0.2) is 11.9 Å². The van der Waals surface area contributed by atoms with Crippen molar-refractivity contribution in [3.63, 3.8) is 0 Å². The molecule has 0 spiro atoms. The van der Waals surface area contributed by atoms with Crippen molar-refractivity contribution in [1.29, 1.82) is 0 Å². The SMILES string of the molecule is CCSc1nnc2c(n1)O[C@H](C=Cc1ccco1)Nc1ccccc1-2. The van der Waals surface area contributed by atoms with Gasteiger partial charge in [0.05, 0.1) is 6.26 Å². The lowest BCUT2D eigenvalue weighted by molar-refractivity contribution is 0.266. The first-order chi connectivity index (χ1) is 12.3. The maximum atomic E-state index is 6.06. The summed E-state index contributed by atoms with van der Waals surface area (Å²) in [5, 5.41) is 12.5. The fraction of sp³-hybridized carbons (Fsp3) is 0.167. The molecule has 6 nitrogen and oxygen atoms in total. The number of para-hydroxylation sites is 1. The standard InChI is InChI=1S/C18H16N4O2S/c1-2-25-18-20-17-16(21-22-18)13-7-3-4-8-14(13)19-15(24-17)10-9-12-6-5-11-23-12/h3-11,15,19H,2H2,1H3/t15-/m1/s1. The van der Waals surface area contributed by atoms with Crippen LogP contribution in [0.3, 0.4) is 0 Å². The lowest BCUT2D eigenvalue weighted by atomic mass is 10.1. The highest BCUT2D eigenvalue weighted by molar-refractivity contribution is 7.99. The second kappa shape index (κ2) is 6.98. The Bertz CT molecular complexity index is 896. The minimum atomic E-state index is -0.399. The summed E-state index contributed by atoms with van der Waals surface area (Å²) in [6.45, 7) is 2.05. The van der Waals surface area contributed by atoms with E-state index in [9.17, 15) is 0 Å². The number of thioether (sulfide) groups is 1. The molecule has 1 atom stereocenters. The van der Waals surface area contributed by atoms with Gasteiger partial charge in [0.25, 0.3) is 0 Å². The average molecular weight is 352 g/mol. The molecule has 0 saturated heterocycles. The van der Waals surface area contributed by atoms with Crippen LogP contribution in [0.25, 0.3) is 17.3 Å². The lowest BCUT2D eigenvalue weighted by Crippen LogP contribution is -2.23. The summed E-state index contributed by atoms with van der Waals surface area (Å²) in [6, 6.07) is 11.6. The van der Waals surface area contributed by atoms with Crippen LogP contribution < -0.4 is 10.1 Å². The molecule has 1 aromatic carbocycles. The van der Waals surface area contributed by atoms with Crippen molar-refractivity contribution in [2.24, 2.45) is 0 Å². The molecule has 1 aliphatic rings. The van der Waals surface area contributed by atoms with E-state index in [1.54, 1.807) is 6.26 Å². The predicted molar refractivity (Wildman–Crippen MR) is 97.4 cm³/mol. The van der Waals surface area contributed by atoms with Crippen LogP contribution in [0.2, 0.25) is 0 Å². The number of benzene rings is 1. The Kier molecular flexibility index (Phi) is 4.39. The summed E-state index contributed by atoms with van der Waals surface area (Å²) < 4.78 is 11.4. The van der Waals surface area contributed by atoms with Crippen LogP contribution >= 0.6 is 11.8 Å². The van der Waals surface area contributed by atoms with Gasteiger partial charge < -0.3 is 14.5 Å². The Labute approximate surface area is 149 Å². The molecule has 0 aliphatic carbocycles. The van der Waals surface area contributed by atoms with Crippen LogP contribution in [-0.2, 0) is 0 Å². The summed E-state index contributed by atoms with van der Waals surface area (Å²) in [7, 11) is 0. The van der Waals surface area contributed by atoms with Crippen molar-refractivity contribution in [3.05, 3.63) is 54.5 Å². The number of furan rings is 1. The van der Waals surface area contributed by atoms with Gasteiger partial charge in [-0.3, -0.25) is 0 Å². The highest BCUT2D eigenvalue weighted by Gasteiger charge is 2.23. The van der Waals surface area contributed by atoms with Gasteiger partial charge >= 0.3 is 0 Å². The number of nitrogens with zero attached hydrogens (tertiary/aromatic N) is 3. The van der Waals surface area contributed by atoms with Crippen molar-refractivity contribution in [3.8, 4) is 17.1 Å². The topological polar surface area (TPSA) is 73.1 Å². The maximum absolute atomic E-state index is 6.06. The molecule has 1 N–H and O–H groups in total. The third-order valence-corrected chi connectivity index (χ3v) is 4.33. The van der Waals surface area contributed by atoms with Gasteiger partial charge in [0, 0.05) is 11.3 Å². The summed E-state index contributed by atoms with van der Waals surface area (Å²) >= 11 is 1.53. The lowest BCUT2D eigenvalue weighted by Gasteiger charge is -2.15. The van der Waals surface area contributed by atoms with E-state index in [4.69, 9.17) is 9.15 Å². The van der Waals surface area contributed by atoms with E-state index in [-0.39, 0.29) is 0 Å². The molecule has 3 aromatic rings. The molecule has 2 aromatic heterocycles. The molecule has 0 amide bonds. The highest BCUT2D eigenvalue weighted by Crippen LogP contribution is 2.36. The number of aromatic nitrogens is 3. The molecule has 126 valence electrons. The molecule has 7 heteroatoms. The van der Waals surface area contributed by atoms with Gasteiger partial charge in [-0.25, -0.2) is 0 Å². The van der Waals surface area contributed by atoms with Crippen LogP contribution in [0.15, 0.2) is 58.3 Å². The number of nitrogens with one attached hydrogen (secondary N) is 1. The number of hydrogen-bond donors (Lipinski definition) is 1. The van der Waals surface area contributed by atoms with Crippen LogP contribution in [0.5, 0.6) is 5.88 Å². The van der Waals surface area contributed by atoms with Crippen molar-refractivity contribution in [1.82, 2.24) is 15.2 Å². The minimum Gasteiger partial charge on any atom is -0.465 e. The van der Waals surface area contributed by atoms with Crippen molar-refractivity contribution in [2.45, 2.75) is 18.3 Å². The molecule has 0 unspecified atom stereocenters. The van der Waals surface area contributed by atoms with E-state index in [2.05, 4.69) is 20.5 Å². The molecule has 0 radical (unpaired) electrons. The van der Waals surface area contributed by atoms with E-state index in [1.165, 1.54) is 11.8 Å². The van der Waals surface area contributed by atoms with E-state index in [1.807, 2.05) is 55.5 Å². The molecular formula is C18H16N4O2S. The van der Waals surface area contributed by atoms with E-state index in [0.717, 1.165) is 22.8 Å². The van der Waals surface area contributed by atoms with Crippen molar-refractivity contribution in [2.75, 3.05) is 11.1 Å². The first-order valence-electron chi connectivity index (χ1n) is 7.95. The molecule has 3 heterocycles. The fourth-order valence-corrected chi connectivity index (χ4v) is 3.02. The molecule has 0 fully saturated rings. The summed E-state index contributed by atoms with van der Waals surface area (Å²) in [5.74, 6) is 2.10. The Morgan fingerprint density at radius 2 is 2.12 bits per heavy atom. The van der Waals surface area contributed by atoms with Crippen LogP contribution in [0.4, 0.5) is 5.69 Å². The first kappa shape index (κ1) is 15.7. The van der Waals surface area contributed by atoms with Gasteiger partial charge in [-0.05, 0) is 36.1 Å². The second-order valence-corrected chi connectivity index (χ2v) is 6.52. The maximum Gasteiger partial charge on any atom is 0.247 e. The number of rotatable bonds is 4. The van der Waals surface area contributed by atoms with E-state index >= 15 is 0 Å². The number of hydrogen-bond acceptors (Lipinski definition) is 7. The average Bonchev–Trinajstić information content (AvgIpc) is 3.09. The zero-order valence-electron chi connectivity index (χ0n) is 13.5. The first-order valence-corrected chi connectivity index (χ1v) is 8.94. The second-order valence-electron chi connectivity index (χ2n) is 5.28. The van der Waals surface area contributed by atoms with Crippen molar-refractivity contribution >= 4 is 23.5 Å². The highest BCUT2D eigenvalue weighted by atomic mass is 32.2.